The molecule has 14 heavy (non-hydrogen) atoms. The minimum absolute atomic E-state index is 0. The Kier molecular flexibility index (Phi) is 18.7. The Morgan fingerprint density at radius 3 is 1.64 bits per heavy atom. The number of nitrogens with one attached hydrogen (secondary N) is 1. The van der Waals surface area contributed by atoms with E-state index in [9.17, 15) is 0 Å². The minimum atomic E-state index is -1.08. The van der Waals surface area contributed by atoms with Gasteiger partial charge in [0.15, 0.2) is 0 Å². The Morgan fingerprint density at radius 2 is 1.57 bits per heavy atom. The molecule has 0 aliphatic rings. The van der Waals surface area contributed by atoms with Crippen molar-refractivity contribution in [1.29, 1.82) is 0 Å². The second-order valence-electron chi connectivity index (χ2n) is 1.74. The number of imidazole rings is 1. The first kappa shape index (κ1) is 18.4. The van der Waals surface area contributed by atoms with Crippen LogP contribution < -0.4 is 10.2 Å². The van der Waals surface area contributed by atoms with Crippen LogP contribution in [0, 0.1) is 0 Å². The van der Waals surface area contributed by atoms with Crippen molar-refractivity contribution >= 4 is 11.9 Å². The zero-order valence-electron chi connectivity index (χ0n) is 7.65. The number of carboxylic acids is 2. The van der Waals surface area contributed by atoms with Gasteiger partial charge in [-0.15, -0.1) is 0 Å². The molecule has 0 aliphatic carbocycles. The second kappa shape index (κ2) is 14.2. The van der Waals surface area contributed by atoms with Gasteiger partial charge < -0.3 is 24.8 Å². The van der Waals surface area contributed by atoms with Gasteiger partial charge in [0.05, 0.1) is 6.33 Å². The van der Waals surface area contributed by atoms with Gasteiger partial charge in [-0.3, -0.25) is 0 Å². The van der Waals surface area contributed by atoms with Crippen LogP contribution in [0.4, 0.5) is 0 Å². The summed E-state index contributed by atoms with van der Waals surface area (Å²) in [5.74, 6) is -2.17. The fourth-order valence-corrected chi connectivity index (χ4v) is 0.215. The predicted octanol–water partition coefficient (Wildman–Crippen LogP) is -2.08. The molecule has 1 radical (unpaired) electrons. The summed E-state index contributed by atoms with van der Waals surface area (Å²) in [5, 5.41) is 17.8. The van der Waals surface area contributed by atoms with Gasteiger partial charge in [-0.1, -0.05) is 0 Å². The topological polar surface area (TPSA) is 109 Å². The van der Waals surface area contributed by atoms with Gasteiger partial charge in [0, 0.05) is 24.3 Å². The van der Waals surface area contributed by atoms with Crippen molar-refractivity contribution in [2.24, 2.45) is 0 Å². The number of carbonyl (C=O) groups excluding carboxylic acids is 2. The summed E-state index contributed by atoms with van der Waals surface area (Å²) >= 11 is 0. The number of aliphatic carboxylic acids is 2. The van der Waals surface area contributed by atoms with Crippen LogP contribution in [0.5, 0.6) is 0 Å². The Bertz CT molecular complexity index is 188. The van der Waals surface area contributed by atoms with E-state index in [4.69, 9.17) is 19.8 Å². The molecular weight excluding hydrogens is 235 g/mol. The summed E-state index contributed by atoms with van der Waals surface area (Å²) in [5.41, 5.74) is 0. The zero-order chi connectivity index (χ0) is 10.7. The van der Waals surface area contributed by atoms with E-state index in [0.717, 1.165) is 13.8 Å². The van der Waals surface area contributed by atoms with Gasteiger partial charge in [0.1, 0.15) is 0 Å². The van der Waals surface area contributed by atoms with E-state index in [1.54, 1.807) is 18.7 Å². The molecule has 1 aromatic rings. The van der Waals surface area contributed by atoms with Crippen LogP contribution in [-0.4, -0.2) is 21.9 Å². The number of carbonyl (C=O) groups is 2. The molecule has 0 saturated heterocycles. The van der Waals surface area contributed by atoms with Gasteiger partial charge in [-0.25, -0.2) is 4.98 Å². The summed E-state index contributed by atoms with van der Waals surface area (Å²) < 4.78 is 0. The average molecular weight is 245 g/mol. The normalized spacial score (nSPS) is 6.43. The molecule has 1 aromatic heterocycles. The van der Waals surface area contributed by atoms with Gasteiger partial charge >= 0.3 is 16.8 Å². The summed E-state index contributed by atoms with van der Waals surface area (Å²) in [6.45, 7) is 1.94. The Balaban J connectivity index is -0.000000127. The first-order valence-corrected chi connectivity index (χ1v) is 3.24. The third kappa shape index (κ3) is 74.3. The summed E-state index contributed by atoms with van der Waals surface area (Å²) in [6, 6.07) is 0. The van der Waals surface area contributed by atoms with Gasteiger partial charge in [-0.05, 0) is 13.8 Å². The van der Waals surface area contributed by atoms with E-state index >= 15 is 0 Å². The van der Waals surface area contributed by atoms with E-state index in [2.05, 4.69) is 9.97 Å². The van der Waals surface area contributed by atoms with Crippen molar-refractivity contribution < 1.29 is 36.6 Å². The second-order valence-corrected chi connectivity index (χ2v) is 1.74. The van der Waals surface area contributed by atoms with Crippen molar-refractivity contribution in [1.82, 2.24) is 9.97 Å². The predicted molar refractivity (Wildman–Crippen MR) is 39.9 cm³/mol. The molecule has 1 rings (SSSR count). The van der Waals surface area contributed by atoms with Crippen LogP contribution in [0.1, 0.15) is 13.8 Å². The molecule has 0 amide bonds. The summed E-state index contributed by atoms with van der Waals surface area (Å²) in [4.78, 5) is 24.2. The molecule has 0 fully saturated rings. The molecular formula is C7H10CoN2O4. The molecule has 0 aromatic carbocycles. The first-order valence-electron chi connectivity index (χ1n) is 3.24. The number of aromatic amines is 1. The van der Waals surface area contributed by atoms with Gasteiger partial charge in [0.2, 0.25) is 0 Å². The first-order chi connectivity index (χ1) is 5.96. The Morgan fingerprint density at radius 1 is 1.21 bits per heavy atom. The van der Waals surface area contributed by atoms with Gasteiger partial charge in [0.25, 0.3) is 0 Å². The van der Waals surface area contributed by atoms with E-state index in [0.29, 0.717) is 0 Å². The summed E-state index contributed by atoms with van der Waals surface area (Å²) in [6.07, 6.45) is 5.08. The smallest absolute Gasteiger partial charge is 0.550 e. The van der Waals surface area contributed by atoms with E-state index in [1.807, 2.05) is 0 Å². The molecule has 0 unspecified atom stereocenters. The molecule has 0 saturated carbocycles. The molecule has 1 N–H and O–H groups in total. The molecule has 0 atom stereocenters. The monoisotopic (exact) mass is 245 g/mol. The minimum Gasteiger partial charge on any atom is -0.550 e. The van der Waals surface area contributed by atoms with Crippen molar-refractivity contribution in [3.8, 4) is 0 Å². The van der Waals surface area contributed by atoms with E-state index < -0.39 is 11.9 Å². The Labute approximate surface area is 91.6 Å². The van der Waals surface area contributed by atoms with Crippen LogP contribution in [-0.2, 0) is 26.4 Å². The fourth-order valence-electron chi connectivity index (χ4n) is 0.215. The van der Waals surface area contributed by atoms with Crippen molar-refractivity contribution in [3.63, 3.8) is 0 Å². The number of hydrogen-bond donors (Lipinski definition) is 1. The van der Waals surface area contributed by atoms with Crippen molar-refractivity contribution in [3.05, 3.63) is 18.7 Å². The van der Waals surface area contributed by atoms with Crippen molar-refractivity contribution in [2.75, 3.05) is 0 Å². The number of rotatable bonds is 0. The largest absolute Gasteiger partial charge is 2.00 e. The maximum absolute atomic E-state index is 8.89. The number of hydrogen-bond acceptors (Lipinski definition) is 5. The molecule has 81 valence electrons. The third-order valence-corrected chi connectivity index (χ3v) is 0.406. The van der Waals surface area contributed by atoms with Gasteiger partial charge in [-0.2, -0.15) is 0 Å². The zero-order valence-corrected chi connectivity index (χ0v) is 8.69. The van der Waals surface area contributed by atoms with Crippen LogP contribution in [0.15, 0.2) is 18.7 Å². The van der Waals surface area contributed by atoms with E-state index in [-0.39, 0.29) is 16.8 Å². The number of H-pyrrole nitrogens is 1. The average Bonchev–Trinajstić information content (AvgIpc) is 2.35. The summed E-state index contributed by atoms with van der Waals surface area (Å²) in [7, 11) is 0. The van der Waals surface area contributed by atoms with Crippen LogP contribution in [0.3, 0.4) is 0 Å². The van der Waals surface area contributed by atoms with Crippen molar-refractivity contribution in [2.45, 2.75) is 13.8 Å². The molecule has 0 aliphatic heterocycles. The molecule has 7 heteroatoms. The number of nitrogens with zero attached hydrogens (tertiary/aromatic N) is 1. The van der Waals surface area contributed by atoms with Crippen LogP contribution in [0.25, 0.3) is 0 Å². The SMILES string of the molecule is CC(=O)[O-].CC(=O)[O-].[Co+2].c1c[nH]cn1. The quantitative estimate of drug-likeness (QED) is 0.564. The number of aromatic nitrogens is 2. The molecule has 0 spiro atoms. The molecule has 0 bridgehead atoms. The van der Waals surface area contributed by atoms with E-state index in [1.165, 1.54) is 0 Å². The standard InChI is InChI=1S/C3H4N2.2C2H4O2.Co/c1-2-5-3-4-1;2*1-2(3)4;/h1-3H,(H,4,5);2*1H3,(H,3,4);/q;;;+2/p-2. The fraction of sp³-hybridized carbons (Fsp3) is 0.286. The van der Waals surface area contributed by atoms with Crippen LogP contribution >= 0.6 is 0 Å². The Hall–Kier alpha value is -1.34. The third-order valence-electron chi connectivity index (χ3n) is 0.406. The maximum atomic E-state index is 8.89. The molecule has 1 heterocycles. The van der Waals surface area contributed by atoms with Crippen LogP contribution in [0.2, 0.25) is 0 Å². The maximum Gasteiger partial charge on any atom is 2.00 e. The number of carboxylic acid groups (broad SMARTS) is 2. The molecule has 6 nitrogen and oxygen atoms in total.